The summed E-state index contributed by atoms with van der Waals surface area (Å²) in [5.74, 6) is -2.43. The first-order chi connectivity index (χ1) is 11.8. The molecule has 0 aliphatic heterocycles. The molecule has 0 unspecified atom stereocenters. The number of hydrogen-bond donors (Lipinski definition) is 1. The number of carbonyl (C=O) groups is 2. The summed E-state index contributed by atoms with van der Waals surface area (Å²) in [6.07, 6.45) is -0.765. The second-order valence-electron chi connectivity index (χ2n) is 5.23. The maximum atomic E-state index is 12.3. The normalized spacial score (nSPS) is 11.9. The van der Waals surface area contributed by atoms with E-state index in [-0.39, 0.29) is 11.7 Å². The van der Waals surface area contributed by atoms with Gasteiger partial charge in [-0.3, -0.25) is 9.59 Å². The van der Waals surface area contributed by atoms with Crippen molar-refractivity contribution in [1.29, 1.82) is 0 Å². The Hall–Kier alpha value is -2.41. The number of halogens is 2. The molecule has 0 aliphatic rings. The van der Waals surface area contributed by atoms with Crippen LogP contribution in [0.15, 0.2) is 53.4 Å². The van der Waals surface area contributed by atoms with Crippen molar-refractivity contribution in [2.75, 3.05) is 5.32 Å². The molecule has 4 nitrogen and oxygen atoms in total. The lowest BCUT2D eigenvalue weighted by molar-refractivity contribution is -0.122. The summed E-state index contributed by atoms with van der Waals surface area (Å²) >= 11 is 0.442. The minimum absolute atomic E-state index is 0.0502. The molecule has 0 saturated carbocycles. The molecule has 2 aromatic carbocycles. The second-order valence-corrected chi connectivity index (χ2v) is 6.30. The van der Waals surface area contributed by atoms with Crippen LogP contribution in [-0.2, 0) is 4.79 Å². The van der Waals surface area contributed by atoms with E-state index >= 15 is 0 Å². The molecule has 1 amide bonds. The highest BCUT2D eigenvalue weighted by Crippen LogP contribution is 2.26. The van der Waals surface area contributed by atoms with Gasteiger partial charge in [-0.15, -0.1) is 0 Å². The first-order valence-electron chi connectivity index (χ1n) is 7.48. The number of ether oxygens (including phenoxy) is 1. The van der Waals surface area contributed by atoms with E-state index in [0.717, 1.165) is 0 Å². The van der Waals surface area contributed by atoms with Gasteiger partial charge in [-0.05, 0) is 62.4 Å². The molecule has 0 fully saturated rings. The fourth-order valence-electron chi connectivity index (χ4n) is 1.99. The van der Waals surface area contributed by atoms with Crippen molar-refractivity contribution >= 4 is 29.1 Å². The number of amides is 1. The van der Waals surface area contributed by atoms with Gasteiger partial charge in [0.25, 0.3) is 11.7 Å². The number of anilines is 1. The number of thioether (sulfide) groups is 1. The van der Waals surface area contributed by atoms with Crippen molar-refractivity contribution in [2.24, 2.45) is 0 Å². The second kappa shape index (κ2) is 8.62. The number of benzene rings is 2. The van der Waals surface area contributed by atoms with Crippen LogP contribution in [0.25, 0.3) is 0 Å². The zero-order valence-corrected chi connectivity index (χ0v) is 14.5. The van der Waals surface area contributed by atoms with Crippen molar-refractivity contribution < 1.29 is 23.1 Å². The largest absolute Gasteiger partial charge is 0.481 e. The molecular weight excluding hydrogens is 348 g/mol. The van der Waals surface area contributed by atoms with Gasteiger partial charge in [0.15, 0.2) is 11.9 Å². The molecule has 132 valence electrons. The van der Waals surface area contributed by atoms with Crippen LogP contribution in [0.1, 0.15) is 24.2 Å². The third-order valence-corrected chi connectivity index (χ3v) is 4.01. The lowest BCUT2D eigenvalue weighted by Gasteiger charge is -2.15. The van der Waals surface area contributed by atoms with E-state index in [1.165, 1.54) is 19.1 Å². The molecule has 0 spiro atoms. The molecular formula is C18H17F2NO3S. The predicted molar refractivity (Wildman–Crippen MR) is 93.5 cm³/mol. The molecule has 0 aliphatic carbocycles. The Morgan fingerprint density at radius 1 is 1.04 bits per heavy atom. The van der Waals surface area contributed by atoms with Crippen LogP contribution >= 0.6 is 11.8 Å². The molecule has 0 radical (unpaired) electrons. The summed E-state index contributed by atoms with van der Waals surface area (Å²) in [5, 5.41) is 2.66. The molecule has 0 heterocycles. The highest BCUT2D eigenvalue weighted by atomic mass is 32.2. The monoisotopic (exact) mass is 365 g/mol. The summed E-state index contributed by atoms with van der Waals surface area (Å²) < 4.78 is 30.1. The average Bonchev–Trinajstić information content (AvgIpc) is 2.56. The molecule has 0 aromatic heterocycles. The third-order valence-electron chi connectivity index (χ3n) is 3.29. The number of hydrogen-bond acceptors (Lipinski definition) is 4. The molecule has 7 heteroatoms. The highest BCUT2D eigenvalue weighted by Gasteiger charge is 2.15. The maximum Gasteiger partial charge on any atom is 0.288 e. The van der Waals surface area contributed by atoms with Crippen molar-refractivity contribution in [1.82, 2.24) is 0 Å². The Labute approximate surface area is 148 Å². The number of rotatable bonds is 7. The Morgan fingerprint density at radius 2 is 1.64 bits per heavy atom. The molecule has 1 N–H and O–H groups in total. The molecule has 0 saturated heterocycles. The molecule has 2 aromatic rings. The van der Waals surface area contributed by atoms with Crippen LogP contribution in [-0.4, -0.2) is 23.6 Å². The van der Waals surface area contributed by atoms with E-state index in [0.29, 0.717) is 33.7 Å². The van der Waals surface area contributed by atoms with E-state index in [9.17, 15) is 18.4 Å². The van der Waals surface area contributed by atoms with E-state index in [2.05, 4.69) is 5.32 Å². The van der Waals surface area contributed by atoms with Crippen molar-refractivity contribution in [2.45, 2.75) is 30.6 Å². The minimum atomic E-state index is -2.48. The maximum absolute atomic E-state index is 12.3. The lowest BCUT2D eigenvalue weighted by Crippen LogP contribution is -2.30. The van der Waals surface area contributed by atoms with Crippen molar-refractivity contribution in [3.8, 4) is 5.75 Å². The van der Waals surface area contributed by atoms with E-state index < -0.39 is 11.9 Å². The van der Waals surface area contributed by atoms with Crippen LogP contribution < -0.4 is 10.1 Å². The van der Waals surface area contributed by atoms with Gasteiger partial charge in [-0.25, -0.2) is 0 Å². The molecule has 2 rings (SSSR count). The van der Waals surface area contributed by atoms with Crippen molar-refractivity contribution in [3.63, 3.8) is 0 Å². The highest BCUT2D eigenvalue weighted by molar-refractivity contribution is 7.99. The van der Waals surface area contributed by atoms with Gasteiger partial charge in [-0.1, -0.05) is 11.8 Å². The summed E-state index contributed by atoms with van der Waals surface area (Å²) in [6, 6.07) is 12.6. The van der Waals surface area contributed by atoms with Crippen LogP contribution in [0.2, 0.25) is 0 Å². The summed E-state index contributed by atoms with van der Waals surface area (Å²) in [7, 11) is 0. The number of carbonyl (C=O) groups excluding carboxylic acids is 2. The van der Waals surface area contributed by atoms with Gasteiger partial charge in [-0.2, -0.15) is 8.78 Å². The molecule has 0 bridgehead atoms. The number of ketones is 1. The summed E-state index contributed by atoms with van der Waals surface area (Å²) in [4.78, 5) is 23.8. The lowest BCUT2D eigenvalue weighted by atomic mass is 10.1. The van der Waals surface area contributed by atoms with Crippen LogP contribution in [0, 0.1) is 0 Å². The zero-order chi connectivity index (χ0) is 18.4. The van der Waals surface area contributed by atoms with Gasteiger partial charge in [0, 0.05) is 16.1 Å². The van der Waals surface area contributed by atoms with Gasteiger partial charge in [0.2, 0.25) is 0 Å². The van der Waals surface area contributed by atoms with E-state index in [1.807, 2.05) is 0 Å². The average molecular weight is 365 g/mol. The molecule has 25 heavy (non-hydrogen) atoms. The number of nitrogens with one attached hydrogen (secondary N) is 1. The minimum Gasteiger partial charge on any atom is -0.481 e. The van der Waals surface area contributed by atoms with Crippen LogP contribution in [0.4, 0.5) is 14.5 Å². The standard InChI is InChI=1S/C18H17F2NO3S/c1-11(22)13-3-7-15(8-4-13)24-12(2)17(23)21-14-5-9-16(10-6-14)25-18(19)20/h3-10,12,18H,1-2H3,(H,21,23)/t12-/m1/s1. The first kappa shape index (κ1) is 18.9. The topological polar surface area (TPSA) is 55.4 Å². The van der Waals surface area contributed by atoms with Gasteiger partial charge in [0.05, 0.1) is 0 Å². The Morgan fingerprint density at radius 3 is 2.16 bits per heavy atom. The summed E-state index contributed by atoms with van der Waals surface area (Å²) in [6.45, 7) is 3.06. The Kier molecular flexibility index (Phi) is 6.52. The third kappa shape index (κ3) is 5.86. The predicted octanol–water partition coefficient (Wildman–Crippen LogP) is 4.61. The Bertz CT molecular complexity index is 733. The SMILES string of the molecule is CC(=O)c1ccc(O[C@H](C)C(=O)Nc2ccc(SC(F)F)cc2)cc1. The van der Waals surface area contributed by atoms with Crippen LogP contribution in [0.5, 0.6) is 5.75 Å². The van der Waals surface area contributed by atoms with Gasteiger partial charge < -0.3 is 10.1 Å². The smallest absolute Gasteiger partial charge is 0.288 e. The summed E-state index contributed by atoms with van der Waals surface area (Å²) in [5.41, 5.74) is 1.05. The molecule has 1 atom stereocenters. The fourth-order valence-corrected chi connectivity index (χ4v) is 2.49. The van der Waals surface area contributed by atoms with Crippen LogP contribution in [0.3, 0.4) is 0 Å². The van der Waals surface area contributed by atoms with Crippen molar-refractivity contribution in [3.05, 3.63) is 54.1 Å². The quantitative estimate of drug-likeness (QED) is 0.575. The van der Waals surface area contributed by atoms with Gasteiger partial charge in [0.1, 0.15) is 5.75 Å². The number of Topliss-reactive ketones (excluding diaryl/α,β-unsaturated/α-hetero) is 1. The van der Waals surface area contributed by atoms with Gasteiger partial charge >= 0.3 is 0 Å². The zero-order valence-electron chi connectivity index (χ0n) is 13.7. The fraction of sp³-hybridized carbons (Fsp3) is 0.222. The van der Waals surface area contributed by atoms with E-state index in [1.54, 1.807) is 43.3 Å². The first-order valence-corrected chi connectivity index (χ1v) is 8.36. The Balaban J connectivity index is 1.92. The van der Waals surface area contributed by atoms with E-state index in [4.69, 9.17) is 4.74 Å². The number of alkyl halides is 2.